The quantitative estimate of drug-likeness (QED) is 0.906. The Morgan fingerprint density at radius 2 is 2.21 bits per heavy atom. The minimum atomic E-state index is 0.174. The van der Waals surface area contributed by atoms with E-state index in [9.17, 15) is 0 Å². The van der Waals surface area contributed by atoms with Crippen LogP contribution in [0.5, 0.6) is 0 Å². The van der Waals surface area contributed by atoms with Crippen LogP contribution in [0.15, 0.2) is 4.52 Å². The Balaban J connectivity index is 1.70. The molecular formula is C13H19N5O. The van der Waals surface area contributed by atoms with Gasteiger partial charge in [0, 0.05) is 25.1 Å². The van der Waals surface area contributed by atoms with Gasteiger partial charge in [-0.05, 0) is 27.2 Å². The maximum absolute atomic E-state index is 5.17. The molecule has 1 N–H and O–H groups in total. The molecule has 0 saturated carbocycles. The lowest BCUT2D eigenvalue weighted by Gasteiger charge is -2.13. The van der Waals surface area contributed by atoms with E-state index >= 15 is 0 Å². The summed E-state index contributed by atoms with van der Waals surface area (Å²) < 4.78 is 7.40. The normalized spacial score (nSPS) is 15.7. The first-order valence-corrected chi connectivity index (χ1v) is 6.74. The van der Waals surface area contributed by atoms with Gasteiger partial charge >= 0.3 is 0 Å². The summed E-state index contributed by atoms with van der Waals surface area (Å²) >= 11 is 0. The molecule has 3 rings (SSSR count). The fourth-order valence-electron chi connectivity index (χ4n) is 2.59. The molecule has 6 nitrogen and oxygen atoms in total. The largest absolute Gasteiger partial charge is 0.361 e. The highest BCUT2D eigenvalue weighted by Gasteiger charge is 2.21. The molecule has 0 bridgehead atoms. The summed E-state index contributed by atoms with van der Waals surface area (Å²) in [6, 6.07) is 0.174. The monoisotopic (exact) mass is 261 g/mol. The molecular weight excluding hydrogens is 242 g/mol. The minimum Gasteiger partial charge on any atom is -0.361 e. The van der Waals surface area contributed by atoms with E-state index < -0.39 is 0 Å². The van der Waals surface area contributed by atoms with Crippen LogP contribution in [0.2, 0.25) is 0 Å². The zero-order chi connectivity index (χ0) is 13.4. The number of aryl methyl sites for hydroxylation is 3. The van der Waals surface area contributed by atoms with Gasteiger partial charge in [-0.25, -0.2) is 0 Å². The second-order valence-electron chi connectivity index (χ2n) is 5.13. The SMILES string of the molecule is Cc1noc(C)c1CNC(C)c1nnc2n1CCC2. The summed E-state index contributed by atoms with van der Waals surface area (Å²) in [5, 5.41) is 16.0. The van der Waals surface area contributed by atoms with Gasteiger partial charge in [0.15, 0.2) is 0 Å². The Kier molecular flexibility index (Phi) is 3.10. The van der Waals surface area contributed by atoms with Gasteiger partial charge in [-0.15, -0.1) is 10.2 Å². The molecule has 0 saturated heterocycles. The van der Waals surface area contributed by atoms with Gasteiger partial charge in [-0.3, -0.25) is 0 Å². The van der Waals surface area contributed by atoms with Crippen molar-refractivity contribution in [3.05, 3.63) is 28.7 Å². The Labute approximate surface area is 112 Å². The van der Waals surface area contributed by atoms with Crippen molar-refractivity contribution in [2.75, 3.05) is 0 Å². The number of fused-ring (bicyclic) bond motifs is 1. The Bertz CT molecular complexity index is 566. The van der Waals surface area contributed by atoms with Crippen molar-refractivity contribution in [3.63, 3.8) is 0 Å². The lowest BCUT2D eigenvalue weighted by molar-refractivity contribution is 0.391. The molecule has 19 heavy (non-hydrogen) atoms. The molecule has 2 aromatic heterocycles. The molecule has 0 aromatic carbocycles. The summed E-state index contributed by atoms with van der Waals surface area (Å²) in [6.45, 7) is 7.80. The predicted octanol–water partition coefficient (Wildman–Crippen LogP) is 1.68. The molecule has 0 spiro atoms. The van der Waals surface area contributed by atoms with E-state index in [1.165, 1.54) is 6.42 Å². The maximum atomic E-state index is 5.17. The van der Waals surface area contributed by atoms with Gasteiger partial charge in [-0.2, -0.15) is 0 Å². The molecule has 1 atom stereocenters. The average Bonchev–Trinajstić information content (AvgIpc) is 3.04. The number of nitrogens with zero attached hydrogens (tertiary/aromatic N) is 4. The van der Waals surface area contributed by atoms with E-state index in [-0.39, 0.29) is 6.04 Å². The maximum Gasteiger partial charge on any atom is 0.149 e. The van der Waals surface area contributed by atoms with Gasteiger partial charge in [0.05, 0.1) is 11.7 Å². The van der Waals surface area contributed by atoms with E-state index in [1.54, 1.807) is 0 Å². The van der Waals surface area contributed by atoms with Crippen LogP contribution in [-0.2, 0) is 19.5 Å². The van der Waals surface area contributed by atoms with Crippen LogP contribution in [0.4, 0.5) is 0 Å². The molecule has 3 heterocycles. The molecule has 0 fully saturated rings. The molecule has 1 aliphatic rings. The fourth-order valence-corrected chi connectivity index (χ4v) is 2.59. The molecule has 102 valence electrons. The van der Waals surface area contributed by atoms with Gasteiger partial charge in [0.1, 0.15) is 17.4 Å². The second kappa shape index (κ2) is 4.77. The summed E-state index contributed by atoms with van der Waals surface area (Å²) in [6.07, 6.45) is 2.22. The third-order valence-corrected chi connectivity index (χ3v) is 3.79. The van der Waals surface area contributed by atoms with E-state index in [0.717, 1.165) is 48.2 Å². The first-order chi connectivity index (χ1) is 9.16. The summed E-state index contributed by atoms with van der Waals surface area (Å²) in [7, 11) is 0. The molecule has 0 radical (unpaired) electrons. The number of hydrogen-bond acceptors (Lipinski definition) is 5. The Morgan fingerprint density at radius 1 is 1.37 bits per heavy atom. The van der Waals surface area contributed by atoms with Crippen LogP contribution in [0.25, 0.3) is 0 Å². The van der Waals surface area contributed by atoms with Crippen LogP contribution in [0.3, 0.4) is 0 Å². The van der Waals surface area contributed by atoms with Crippen molar-refractivity contribution in [1.82, 2.24) is 25.2 Å². The molecule has 1 aliphatic heterocycles. The number of nitrogens with one attached hydrogen (secondary N) is 1. The highest BCUT2D eigenvalue weighted by atomic mass is 16.5. The Hall–Kier alpha value is -1.69. The molecule has 0 aliphatic carbocycles. The highest BCUT2D eigenvalue weighted by molar-refractivity contribution is 5.20. The van der Waals surface area contributed by atoms with Crippen molar-refractivity contribution < 1.29 is 4.52 Å². The van der Waals surface area contributed by atoms with Gasteiger partial charge in [0.2, 0.25) is 0 Å². The third kappa shape index (κ3) is 2.16. The summed E-state index contributed by atoms with van der Waals surface area (Å²) in [5.74, 6) is 3.02. The van der Waals surface area contributed by atoms with Crippen LogP contribution in [-0.4, -0.2) is 19.9 Å². The minimum absolute atomic E-state index is 0.174. The lowest BCUT2D eigenvalue weighted by atomic mass is 10.2. The van der Waals surface area contributed by atoms with E-state index in [2.05, 4.69) is 32.2 Å². The lowest BCUT2D eigenvalue weighted by Crippen LogP contribution is -2.22. The first kappa shape index (κ1) is 12.3. The zero-order valence-corrected chi connectivity index (χ0v) is 11.6. The molecule has 1 unspecified atom stereocenters. The van der Waals surface area contributed by atoms with Crippen LogP contribution in [0, 0.1) is 13.8 Å². The first-order valence-electron chi connectivity index (χ1n) is 6.74. The van der Waals surface area contributed by atoms with Crippen LogP contribution < -0.4 is 5.32 Å². The number of aromatic nitrogens is 4. The van der Waals surface area contributed by atoms with Crippen molar-refractivity contribution in [2.24, 2.45) is 0 Å². The van der Waals surface area contributed by atoms with Crippen molar-refractivity contribution in [3.8, 4) is 0 Å². The standard InChI is InChI=1S/C13H19N5O/c1-8-11(10(3)19-17-8)7-14-9(2)13-16-15-12-5-4-6-18(12)13/h9,14H,4-7H2,1-3H3. The summed E-state index contributed by atoms with van der Waals surface area (Å²) in [4.78, 5) is 0. The highest BCUT2D eigenvalue weighted by Crippen LogP contribution is 2.20. The van der Waals surface area contributed by atoms with Gasteiger partial charge in [-0.1, -0.05) is 5.16 Å². The van der Waals surface area contributed by atoms with Crippen molar-refractivity contribution >= 4 is 0 Å². The molecule has 0 amide bonds. The predicted molar refractivity (Wildman–Crippen MR) is 69.6 cm³/mol. The molecule has 2 aromatic rings. The smallest absolute Gasteiger partial charge is 0.149 e. The summed E-state index contributed by atoms with van der Waals surface area (Å²) in [5.41, 5.74) is 2.08. The van der Waals surface area contributed by atoms with E-state index in [4.69, 9.17) is 4.52 Å². The average molecular weight is 261 g/mol. The fraction of sp³-hybridized carbons (Fsp3) is 0.615. The third-order valence-electron chi connectivity index (χ3n) is 3.79. The number of hydrogen-bond donors (Lipinski definition) is 1. The van der Waals surface area contributed by atoms with Crippen molar-refractivity contribution in [2.45, 2.75) is 52.7 Å². The Morgan fingerprint density at radius 3 is 2.95 bits per heavy atom. The molecule has 6 heteroatoms. The van der Waals surface area contributed by atoms with E-state index in [0.29, 0.717) is 0 Å². The van der Waals surface area contributed by atoms with Gasteiger partial charge < -0.3 is 14.4 Å². The van der Waals surface area contributed by atoms with Crippen LogP contribution >= 0.6 is 0 Å². The van der Waals surface area contributed by atoms with Crippen LogP contribution in [0.1, 0.15) is 48.1 Å². The number of rotatable bonds is 4. The zero-order valence-electron chi connectivity index (χ0n) is 11.6. The van der Waals surface area contributed by atoms with Gasteiger partial charge in [0.25, 0.3) is 0 Å². The second-order valence-corrected chi connectivity index (χ2v) is 5.13. The van der Waals surface area contributed by atoms with E-state index in [1.807, 2.05) is 13.8 Å². The van der Waals surface area contributed by atoms with Crippen molar-refractivity contribution in [1.29, 1.82) is 0 Å². The topological polar surface area (TPSA) is 68.8 Å².